The van der Waals surface area contributed by atoms with Crippen molar-refractivity contribution in [1.82, 2.24) is 0 Å². The van der Waals surface area contributed by atoms with Crippen molar-refractivity contribution in [3.05, 3.63) is 12.2 Å². The summed E-state index contributed by atoms with van der Waals surface area (Å²) in [6.07, 6.45) is 38.9. The second-order valence-electron chi connectivity index (χ2n) is 18.3. The van der Waals surface area contributed by atoms with Gasteiger partial charge in [-0.1, -0.05) is 124 Å². The molecule has 47 heavy (non-hydrogen) atoms. The number of carbonyl (C=O) groups excluding carboxylic acids is 1. The number of hydrogen-bond donors (Lipinski definition) is 0. The first-order chi connectivity index (χ1) is 22.7. The zero-order valence-corrected chi connectivity index (χ0v) is 32.5. The number of unbranched alkanes of at least 4 members (excludes halogenated alkanes) is 11. The van der Waals surface area contributed by atoms with Crippen molar-refractivity contribution in [3.63, 3.8) is 0 Å². The Hall–Kier alpha value is -0.790. The van der Waals surface area contributed by atoms with E-state index in [9.17, 15) is 4.79 Å². The number of allylic oxidation sites excluding steroid dienone is 2. The summed E-state index contributed by atoms with van der Waals surface area (Å²) in [7, 11) is 0. The molecule has 0 aromatic rings. The van der Waals surface area contributed by atoms with Gasteiger partial charge in [-0.05, 0) is 137 Å². The highest BCUT2D eigenvalue weighted by molar-refractivity contribution is 5.69. The van der Waals surface area contributed by atoms with Crippen LogP contribution in [0.15, 0.2) is 12.2 Å². The summed E-state index contributed by atoms with van der Waals surface area (Å²) in [4.78, 5) is 13.3. The van der Waals surface area contributed by atoms with E-state index >= 15 is 0 Å². The molecule has 0 aromatic carbocycles. The monoisotopic (exact) mass is 653 g/mol. The van der Waals surface area contributed by atoms with E-state index in [0.717, 1.165) is 54.3 Å². The van der Waals surface area contributed by atoms with Crippen molar-refractivity contribution < 1.29 is 9.53 Å². The maximum Gasteiger partial charge on any atom is 0.306 e. The minimum absolute atomic E-state index is 0.105. The standard InChI is InChI=1S/C45H80O2/c1-7-8-9-10-11-12-13-14-15-16-17-18-19-20-21-28-43(46)47-42-27-23-26-37-29-30-38-40-32-31-39(36(4)25-22-24-35(2)3)44(40,5)34-33-41(38)45(37,42)6/h14-15,35-42H,7-13,16-34H2,1-6H3/b15-14-/t36-,37+,38+,39-,40-,41-,42?,44+,45-/m0/s1. The van der Waals surface area contributed by atoms with Gasteiger partial charge in [-0.2, -0.15) is 0 Å². The van der Waals surface area contributed by atoms with Crippen LogP contribution < -0.4 is 0 Å². The van der Waals surface area contributed by atoms with E-state index in [4.69, 9.17) is 4.74 Å². The first kappa shape index (κ1) is 39.0. The predicted octanol–water partition coefficient (Wildman–Crippen LogP) is 14.1. The lowest BCUT2D eigenvalue weighted by atomic mass is 9.44. The van der Waals surface area contributed by atoms with Crippen molar-refractivity contribution in [2.24, 2.45) is 52.3 Å². The molecule has 4 fully saturated rings. The lowest BCUT2D eigenvalue weighted by Crippen LogP contribution is -2.58. The third-order valence-corrected chi connectivity index (χ3v) is 14.8. The average Bonchev–Trinajstić information content (AvgIpc) is 3.40. The fourth-order valence-corrected chi connectivity index (χ4v) is 12.1. The first-order valence-corrected chi connectivity index (χ1v) is 21.6. The van der Waals surface area contributed by atoms with Crippen LogP contribution in [0.5, 0.6) is 0 Å². The summed E-state index contributed by atoms with van der Waals surface area (Å²) in [6.45, 7) is 14.9. The van der Waals surface area contributed by atoms with Gasteiger partial charge in [-0.3, -0.25) is 4.79 Å². The maximum atomic E-state index is 13.3. The third kappa shape index (κ3) is 10.4. The van der Waals surface area contributed by atoms with Crippen LogP contribution in [0, 0.1) is 52.3 Å². The van der Waals surface area contributed by atoms with Gasteiger partial charge in [0.25, 0.3) is 0 Å². The zero-order chi connectivity index (χ0) is 33.7. The van der Waals surface area contributed by atoms with Crippen LogP contribution in [0.4, 0.5) is 0 Å². The Labute approximate surface area is 293 Å². The Bertz CT molecular complexity index is 921. The molecule has 2 nitrogen and oxygen atoms in total. The number of rotatable bonds is 21. The summed E-state index contributed by atoms with van der Waals surface area (Å²) in [5.74, 6) is 5.98. The van der Waals surface area contributed by atoms with Crippen LogP contribution in [0.1, 0.15) is 208 Å². The normalized spacial score (nSPS) is 34.3. The van der Waals surface area contributed by atoms with Gasteiger partial charge in [-0.15, -0.1) is 0 Å². The molecule has 0 aromatic heterocycles. The van der Waals surface area contributed by atoms with Crippen LogP contribution >= 0.6 is 0 Å². The highest BCUT2D eigenvalue weighted by atomic mass is 16.5. The van der Waals surface area contributed by atoms with Crippen LogP contribution in [0.3, 0.4) is 0 Å². The van der Waals surface area contributed by atoms with Gasteiger partial charge in [0.05, 0.1) is 0 Å². The molecule has 4 aliphatic rings. The molecule has 0 amide bonds. The van der Waals surface area contributed by atoms with Gasteiger partial charge in [0.15, 0.2) is 0 Å². The minimum Gasteiger partial charge on any atom is -0.462 e. The molecular weight excluding hydrogens is 572 g/mol. The number of esters is 1. The van der Waals surface area contributed by atoms with E-state index < -0.39 is 0 Å². The molecule has 0 N–H and O–H groups in total. The van der Waals surface area contributed by atoms with E-state index in [2.05, 4.69) is 53.7 Å². The Balaban J connectivity index is 1.18. The summed E-state index contributed by atoms with van der Waals surface area (Å²) < 4.78 is 6.54. The Morgan fingerprint density at radius 3 is 2.11 bits per heavy atom. The van der Waals surface area contributed by atoms with Gasteiger partial charge in [0, 0.05) is 11.8 Å². The van der Waals surface area contributed by atoms with E-state index in [1.54, 1.807) is 0 Å². The zero-order valence-electron chi connectivity index (χ0n) is 32.5. The molecule has 1 unspecified atom stereocenters. The van der Waals surface area contributed by atoms with Crippen molar-refractivity contribution in [2.75, 3.05) is 0 Å². The molecule has 9 atom stereocenters. The highest BCUT2D eigenvalue weighted by Gasteiger charge is 2.62. The minimum atomic E-state index is 0.105. The molecule has 0 heterocycles. The van der Waals surface area contributed by atoms with Gasteiger partial charge in [0.1, 0.15) is 6.10 Å². The average molecular weight is 653 g/mol. The van der Waals surface area contributed by atoms with Crippen molar-refractivity contribution in [3.8, 4) is 0 Å². The lowest BCUT2D eigenvalue weighted by molar-refractivity contribution is -0.192. The van der Waals surface area contributed by atoms with Crippen LogP contribution in [-0.4, -0.2) is 12.1 Å². The quantitative estimate of drug-likeness (QED) is 0.0700. The summed E-state index contributed by atoms with van der Waals surface area (Å²) in [5.41, 5.74) is 0.730. The largest absolute Gasteiger partial charge is 0.462 e. The molecule has 0 saturated heterocycles. The highest BCUT2D eigenvalue weighted by Crippen LogP contribution is 2.68. The van der Waals surface area contributed by atoms with Crippen LogP contribution in [0.2, 0.25) is 0 Å². The molecule has 2 heteroatoms. The number of fused-ring (bicyclic) bond motifs is 5. The van der Waals surface area contributed by atoms with Gasteiger partial charge in [-0.25, -0.2) is 0 Å². The van der Waals surface area contributed by atoms with Crippen molar-refractivity contribution in [2.45, 2.75) is 215 Å². The molecule has 0 spiro atoms. The predicted molar refractivity (Wildman–Crippen MR) is 202 cm³/mol. The number of carbonyl (C=O) groups is 1. The first-order valence-electron chi connectivity index (χ1n) is 21.6. The molecular formula is C45H80O2. The van der Waals surface area contributed by atoms with Crippen LogP contribution in [0.25, 0.3) is 0 Å². The van der Waals surface area contributed by atoms with Gasteiger partial charge >= 0.3 is 5.97 Å². The van der Waals surface area contributed by atoms with Gasteiger partial charge in [0.2, 0.25) is 0 Å². The Morgan fingerprint density at radius 2 is 1.40 bits per heavy atom. The van der Waals surface area contributed by atoms with E-state index in [0.29, 0.717) is 11.8 Å². The SMILES string of the molecule is CCCCCCCC/C=C\CCCCCCCC(=O)OC1CCC[C@@H]2CC[C@@H]3[C@@H]4CC[C@@H]([C@@H](C)CCCC(C)C)[C@@]4(C)CC[C@@H]3[C@@]12C. The molecule has 272 valence electrons. The van der Waals surface area contributed by atoms with Crippen molar-refractivity contribution in [1.29, 1.82) is 0 Å². The number of ether oxygens (including phenoxy) is 1. The summed E-state index contributed by atoms with van der Waals surface area (Å²) >= 11 is 0. The smallest absolute Gasteiger partial charge is 0.306 e. The fourth-order valence-electron chi connectivity index (χ4n) is 12.1. The van der Waals surface area contributed by atoms with Gasteiger partial charge < -0.3 is 4.74 Å². The third-order valence-electron chi connectivity index (χ3n) is 14.8. The fraction of sp³-hybridized carbons (Fsp3) is 0.933. The molecule has 0 radical (unpaired) electrons. The summed E-state index contributed by atoms with van der Waals surface area (Å²) in [6, 6.07) is 0. The topological polar surface area (TPSA) is 26.3 Å². The van der Waals surface area contributed by atoms with E-state index in [-0.39, 0.29) is 17.5 Å². The number of hydrogen-bond acceptors (Lipinski definition) is 2. The van der Waals surface area contributed by atoms with Crippen LogP contribution in [-0.2, 0) is 9.53 Å². The molecule has 4 saturated carbocycles. The van der Waals surface area contributed by atoms with E-state index in [1.807, 2.05) is 0 Å². The maximum absolute atomic E-state index is 13.3. The van der Waals surface area contributed by atoms with E-state index in [1.165, 1.54) is 148 Å². The second kappa shape index (κ2) is 19.6. The molecule has 4 aliphatic carbocycles. The second-order valence-corrected chi connectivity index (χ2v) is 18.3. The molecule has 4 rings (SSSR count). The molecule has 0 aliphatic heterocycles. The Kier molecular flexibility index (Phi) is 16.2. The van der Waals surface area contributed by atoms with Crippen molar-refractivity contribution >= 4 is 5.97 Å². The lowest BCUT2D eigenvalue weighted by Gasteiger charge is -2.62. The summed E-state index contributed by atoms with van der Waals surface area (Å²) in [5, 5.41) is 0. The Morgan fingerprint density at radius 1 is 0.723 bits per heavy atom. The molecule has 0 bridgehead atoms.